The molecule has 3 aromatic rings. The third kappa shape index (κ3) is 4.82. The Labute approximate surface area is 178 Å². The van der Waals surface area contributed by atoms with Gasteiger partial charge in [-0.05, 0) is 29.8 Å². The normalized spacial score (nSPS) is 13.8. The molecule has 0 bridgehead atoms. The maximum Gasteiger partial charge on any atom is 0.269 e. The Bertz CT molecular complexity index is 1080. The number of benzene rings is 2. The maximum absolute atomic E-state index is 13.2. The molecule has 0 unspecified atom stereocenters. The molecule has 1 saturated heterocycles. The Kier molecular flexibility index (Phi) is 5.83. The van der Waals surface area contributed by atoms with Crippen LogP contribution in [0.3, 0.4) is 0 Å². The van der Waals surface area contributed by atoms with Crippen molar-refractivity contribution >= 4 is 17.4 Å². The van der Waals surface area contributed by atoms with Crippen molar-refractivity contribution in [2.45, 2.75) is 6.42 Å². The first-order valence-electron chi connectivity index (χ1n) is 9.83. The number of carbonyl (C=O) groups is 1. The summed E-state index contributed by atoms with van der Waals surface area (Å²) in [5.41, 5.74) is 2.27. The standard InChI is InChI=1S/C22H20FN5O3/c23-18-5-3-17(4-6-18)20-14-21(25-15-24-20)26-9-11-27(12-10-26)22(29)13-16-1-7-19(8-2-16)28(30)31/h1-8,14-15H,9-13H2. The Morgan fingerprint density at radius 1 is 1.00 bits per heavy atom. The van der Waals surface area contributed by atoms with Gasteiger partial charge in [0.05, 0.1) is 17.0 Å². The number of rotatable bonds is 5. The van der Waals surface area contributed by atoms with E-state index in [1.807, 2.05) is 6.07 Å². The third-order valence-corrected chi connectivity index (χ3v) is 5.25. The number of anilines is 1. The summed E-state index contributed by atoms with van der Waals surface area (Å²) in [7, 11) is 0. The molecule has 0 aliphatic carbocycles. The average molecular weight is 421 g/mol. The van der Waals surface area contributed by atoms with Gasteiger partial charge in [0.1, 0.15) is 18.0 Å². The van der Waals surface area contributed by atoms with Gasteiger partial charge in [-0.15, -0.1) is 0 Å². The quantitative estimate of drug-likeness (QED) is 0.464. The number of halogens is 1. The monoisotopic (exact) mass is 421 g/mol. The van der Waals surface area contributed by atoms with Crippen molar-refractivity contribution in [3.8, 4) is 11.3 Å². The van der Waals surface area contributed by atoms with E-state index in [1.165, 1.54) is 30.6 Å². The lowest BCUT2D eigenvalue weighted by Gasteiger charge is -2.35. The van der Waals surface area contributed by atoms with E-state index >= 15 is 0 Å². The van der Waals surface area contributed by atoms with E-state index in [4.69, 9.17) is 0 Å². The number of nitro benzene ring substituents is 1. The predicted octanol–water partition coefficient (Wildman–Crippen LogP) is 3.08. The molecule has 9 heteroatoms. The van der Waals surface area contributed by atoms with Gasteiger partial charge in [0.25, 0.3) is 5.69 Å². The maximum atomic E-state index is 13.2. The predicted molar refractivity (Wildman–Crippen MR) is 113 cm³/mol. The van der Waals surface area contributed by atoms with Crippen LogP contribution >= 0.6 is 0 Å². The van der Waals surface area contributed by atoms with Gasteiger partial charge < -0.3 is 9.80 Å². The van der Waals surface area contributed by atoms with Crippen LogP contribution in [0.2, 0.25) is 0 Å². The van der Waals surface area contributed by atoms with E-state index in [0.717, 1.165) is 16.9 Å². The molecule has 0 N–H and O–H groups in total. The summed E-state index contributed by atoms with van der Waals surface area (Å²) in [5.74, 6) is 0.451. The SMILES string of the molecule is O=C(Cc1ccc([N+](=O)[O-])cc1)N1CCN(c2cc(-c3ccc(F)cc3)ncn2)CC1. The number of piperazine rings is 1. The Balaban J connectivity index is 1.36. The summed E-state index contributed by atoms with van der Waals surface area (Å²) in [6.07, 6.45) is 1.69. The highest BCUT2D eigenvalue weighted by Gasteiger charge is 2.22. The fourth-order valence-corrected chi connectivity index (χ4v) is 3.51. The first-order chi connectivity index (χ1) is 15.0. The van der Waals surface area contributed by atoms with E-state index in [0.29, 0.717) is 31.9 Å². The van der Waals surface area contributed by atoms with Crippen LogP contribution in [0.15, 0.2) is 60.9 Å². The second-order valence-electron chi connectivity index (χ2n) is 7.24. The Morgan fingerprint density at radius 2 is 1.68 bits per heavy atom. The highest BCUT2D eigenvalue weighted by molar-refractivity contribution is 5.79. The van der Waals surface area contributed by atoms with Gasteiger partial charge in [0.15, 0.2) is 0 Å². The topological polar surface area (TPSA) is 92.5 Å². The lowest BCUT2D eigenvalue weighted by Crippen LogP contribution is -2.49. The van der Waals surface area contributed by atoms with Gasteiger partial charge in [0, 0.05) is 49.9 Å². The molecule has 1 amide bonds. The second-order valence-corrected chi connectivity index (χ2v) is 7.24. The molecule has 0 spiro atoms. The number of hydrogen-bond donors (Lipinski definition) is 0. The fourth-order valence-electron chi connectivity index (χ4n) is 3.51. The molecule has 0 saturated carbocycles. The number of aromatic nitrogens is 2. The molecule has 1 fully saturated rings. The molecule has 8 nitrogen and oxygen atoms in total. The molecule has 0 atom stereocenters. The second kappa shape index (κ2) is 8.86. The largest absolute Gasteiger partial charge is 0.353 e. The number of amides is 1. The van der Waals surface area contributed by atoms with Gasteiger partial charge in [-0.2, -0.15) is 0 Å². The van der Waals surface area contributed by atoms with E-state index < -0.39 is 4.92 Å². The zero-order chi connectivity index (χ0) is 21.8. The molecule has 1 aliphatic heterocycles. The zero-order valence-corrected chi connectivity index (χ0v) is 16.6. The highest BCUT2D eigenvalue weighted by Crippen LogP contribution is 2.22. The number of carbonyl (C=O) groups excluding carboxylic acids is 1. The van der Waals surface area contributed by atoms with E-state index in [-0.39, 0.29) is 23.8 Å². The molecule has 158 valence electrons. The van der Waals surface area contributed by atoms with Crippen molar-refractivity contribution in [1.82, 2.24) is 14.9 Å². The molecule has 2 heterocycles. The minimum Gasteiger partial charge on any atom is -0.353 e. The summed E-state index contributed by atoms with van der Waals surface area (Å²) in [6.45, 7) is 2.38. The number of nitrogens with zero attached hydrogens (tertiary/aromatic N) is 5. The van der Waals surface area contributed by atoms with Crippen molar-refractivity contribution in [3.05, 3.63) is 82.4 Å². The number of non-ortho nitro benzene ring substituents is 1. The van der Waals surface area contributed by atoms with Gasteiger partial charge in [-0.25, -0.2) is 14.4 Å². The average Bonchev–Trinajstić information content (AvgIpc) is 2.80. The van der Waals surface area contributed by atoms with Crippen LogP contribution in [0.4, 0.5) is 15.9 Å². The molecule has 4 rings (SSSR count). The summed E-state index contributed by atoms with van der Waals surface area (Å²) in [6, 6.07) is 14.1. The van der Waals surface area contributed by atoms with Crippen molar-refractivity contribution < 1.29 is 14.1 Å². The summed E-state index contributed by atoms with van der Waals surface area (Å²) in [5, 5.41) is 10.7. The molecule has 1 aromatic heterocycles. The zero-order valence-electron chi connectivity index (χ0n) is 16.6. The van der Waals surface area contributed by atoms with E-state index in [1.54, 1.807) is 29.2 Å². The highest BCUT2D eigenvalue weighted by atomic mass is 19.1. The van der Waals surface area contributed by atoms with Crippen molar-refractivity contribution in [2.75, 3.05) is 31.1 Å². The van der Waals surface area contributed by atoms with Crippen LogP contribution in [0.25, 0.3) is 11.3 Å². The molecule has 1 aliphatic rings. The van der Waals surface area contributed by atoms with Gasteiger partial charge in [-0.3, -0.25) is 14.9 Å². The van der Waals surface area contributed by atoms with Crippen LogP contribution in [0.1, 0.15) is 5.56 Å². The first kappa shape index (κ1) is 20.4. The van der Waals surface area contributed by atoms with Crippen LogP contribution in [-0.4, -0.2) is 51.9 Å². The molecular weight excluding hydrogens is 401 g/mol. The molecular formula is C22H20FN5O3. The third-order valence-electron chi connectivity index (χ3n) is 5.25. The van der Waals surface area contributed by atoms with Crippen LogP contribution in [0, 0.1) is 15.9 Å². The minimum absolute atomic E-state index is 0.00895. The van der Waals surface area contributed by atoms with Crippen LogP contribution in [0.5, 0.6) is 0 Å². The van der Waals surface area contributed by atoms with Crippen LogP contribution in [-0.2, 0) is 11.2 Å². The lowest BCUT2D eigenvalue weighted by atomic mass is 10.1. The first-order valence-corrected chi connectivity index (χ1v) is 9.83. The van der Waals surface area contributed by atoms with E-state index in [2.05, 4.69) is 14.9 Å². The Morgan fingerprint density at radius 3 is 2.32 bits per heavy atom. The van der Waals surface area contributed by atoms with Gasteiger partial charge in [-0.1, -0.05) is 12.1 Å². The fraction of sp³-hybridized carbons (Fsp3) is 0.227. The smallest absolute Gasteiger partial charge is 0.269 e. The van der Waals surface area contributed by atoms with Gasteiger partial charge in [0.2, 0.25) is 5.91 Å². The van der Waals surface area contributed by atoms with Crippen molar-refractivity contribution in [1.29, 1.82) is 0 Å². The van der Waals surface area contributed by atoms with Crippen LogP contribution < -0.4 is 4.90 Å². The molecule has 0 radical (unpaired) electrons. The number of hydrogen-bond acceptors (Lipinski definition) is 6. The van der Waals surface area contributed by atoms with Crippen molar-refractivity contribution in [2.24, 2.45) is 0 Å². The number of nitro groups is 1. The van der Waals surface area contributed by atoms with E-state index in [9.17, 15) is 19.3 Å². The summed E-state index contributed by atoms with van der Waals surface area (Å²) >= 11 is 0. The van der Waals surface area contributed by atoms with Gasteiger partial charge >= 0.3 is 0 Å². The summed E-state index contributed by atoms with van der Waals surface area (Å²) < 4.78 is 13.2. The molecule has 2 aromatic carbocycles. The Hall–Kier alpha value is -3.88. The minimum atomic E-state index is -0.459. The van der Waals surface area contributed by atoms with Crippen molar-refractivity contribution in [3.63, 3.8) is 0 Å². The molecule has 31 heavy (non-hydrogen) atoms. The lowest BCUT2D eigenvalue weighted by molar-refractivity contribution is -0.384. The summed E-state index contributed by atoms with van der Waals surface area (Å²) in [4.78, 5) is 35.4.